The van der Waals surface area contributed by atoms with Crippen LogP contribution in [0.3, 0.4) is 0 Å². The minimum Gasteiger partial charge on any atom is -0.480 e. The fourth-order valence-electron chi connectivity index (χ4n) is 0.953. The molecule has 0 aliphatic carbocycles. The number of aliphatic hydroxyl groups excluding tert-OH is 2. The number of carbonyl (C=O) groups is 1. The highest BCUT2D eigenvalue weighted by Crippen LogP contribution is 2.05. The van der Waals surface area contributed by atoms with Crippen LogP contribution < -0.4 is 0 Å². The molecule has 0 bridgehead atoms. The third-order valence-electron chi connectivity index (χ3n) is 1.74. The fraction of sp³-hybridized carbons (Fsp3) is 0.857. The summed E-state index contributed by atoms with van der Waals surface area (Å²) in [6.45, 7) is 2.82. The van der Waals surface area contributed by atoms with Gasteiger partial charge in [-0.05, 0) is 20.9 Å². The van der Waals surface area contributed by atoms with Gasteiger partial charge in [-0.15, -0.1) is 0 Å². The second-order valence-corrected chi connectivity index (χ2v) is 2.82. The highest BCUT2D eigenvalue weighted by atomic mass is 16.4. The lowest BCUT2D eigenvalue weighted by molar-refractivity contribution is -0.152. The summed E-state index contributed by atoms with van der Waals surface area (Å²) in [5, 5.41) is 26.8. The molecular formula is C7H15NO4. The Bertz CT molecular complexity index is 157. The molecule has 0 radical (unpaired) electrons. The van der Waals surface area contributed by atoms with E-state index in [0.717, 1.165) is 0 Å². The third kappa shape index (κ3) is 2.77. The van der Waals surface area contributed by atoms with E-state index in [2.05, 4.69) is 0 Å². The minimum absolute atomic E-state index is 0.888. The molecule has 0 aromatic heterocycles. The van der Waals surface area contributed by atoms with E-state index in [1.165, 1.54) is 25.8 Å². The summed E-state index contributed by atoms with van der Waals surface area (Å²) in [5.41, 5.74) is 0. The van der Waals surface area contributed by atoms with Gasteiger partial charge in [0.05, 0.1) is 6.10 Å². The van der Waals surface area contributed by atoms with Gasteiger partial charge in [-0.3, -0.25) is 9.69 Å². The molecular weight excluding hydrogens is 162 g/mol. The molecule has 0 aromatic carbocycles. The number of aliphatic carboxylic acids is 1. The number of aliphatic hydroxyl groups is 2. The summed E-state index contributed by atoms with van der Waals surface area (Å²) >= 11 is 0. The molecule has 3 N–H and O–H groups in total. The van der Waals surface area contributed by atoms with Crippen LogP contribution in [0, 0.1) is 0 Å². The lowest BCUT2D eigenvalue weighted by Crippen LogP contribution is -2.49. The number of likely N-dealkylation sites (N-methyl/N-ethyl adjacent to an activating group) is 1. The van der Waals surface area contributed by atoms with Gasteiger partial charge in [0.15, 0.2) is 0 Å². The maximum absolute atomic E-state index is 10.6. The molecule has 0 fully saturated rings. The van der Waals surface area contributed by atoms with Crippen LogP contribution in [0.2, 0.25) is 0 Å². The number of rotatable bonds is 4. The zero-order valence-electron chi connectivity index (χ0n) is 7.43. The number of carboxylic acid groups (broad SMARTS) is 1. The first-order chi connectivity index (χ1) is 5.37. The predicted molar refractivity (Wildman–Crippen MR) is 42.5 cm³/mol. The van der Waals surface area contributed by atoms with E-state index < -0.39 is 24.3 Å². The molecule has 12 heavy (non-hydrogen) atoms. The molecule has 5 nitrogen and oxygen atoms in total. The summed E-state index contributed by atoms with van der Waals surface area (Å²) in [4.78, 5) is 11.8. The average Bonchev–Trinajstić information content (AvgIpc) is 1.85. The molecule has 0 rings (SSSR count). The van der Waals surface area contributed by atoms with E-state index in [9.17, 15) is 4.79 Å². The SMILES string of the molecule is CC(O)C(C(=O)O)N(C)C(C)O. The van der Waals surface area contributed by atoms with E-state index in [4.69, 9.17) is 15.3 Å². The van der Waals surface area contributed by atoms with Crippen LogP contribution in [0.1, 0.15) is 13.8 Å². The first kappa shape index (κ1) is 11.4. The van der Waals surface area contributed by atoms with Crippen LogP contribution in [-0.2, 0) is 4.79 Å². The lowest BCUT2D eigenvalue weighted by atomic mass is 10.1. The van der Waals surface area contributed by atoms with Crippen molar-refractivity contribution in [2.45, 2.75) is 32.2 Å². The number of carboxylic acids is 1. The van der Waals surface area contributed by atoms with Gasteiger partial charge in [0.1, 0.15) is 12.3 Å². The first-order valence-corrected chi connectivity index (χ1v) is 3.68. The molecule has 0 spiro atoms. The van der Waals surface area contributed by atoms with Crippen molar-refractivity contribution in [2.75, 3.05) is 7.05 Å². The smallest absolute Gasteiger partial charge is 0.323 e. The molecule has 0 saturated heterocycles. The second kappa shape index (κ2) is 4.39. The Balaban J connectivity index is 4.40. The fourth-order valence-corrected chi connectivity index (χ4v) is 0.953. The van der Waals surface area contributed by atoms with Crippen LogP contribution in [0.25, 0.3) is 0 Å². The summed E-state index contributed by atoms with van der Waals surface area (Å²) in [6, 6.07) is -1.06. The van der Waals surface area contributed by atoms with Crippen molar-refractivity contribution >= 4 is 5.97 Å². The molecule has 0 aromatic rings. The monoisotopic (exact) mass is 177 g/mol. The topological polar surface area (TPSA) is 81.0 Å². The van der Waals surface area contributed by atoms with Crippen molar-refractivity contribution in [1.29, 1.82) is 0 Å². The molecule has 0 saturated carbocycles. The summed E-state index contributed by atoms with van der Waals surface area (Å²) in [6.07, 6.45) is -1.90. The van der Waals surface area contributed by atoms with Gasteiger partial charge >= 0.3 is 5.97 Å². The standard InChI is InChI=1S/C7H15NO4/c1-4(9)6(7(11)12)8(3)5(2)10/h4-6,9-10H,1-3H3,(H,11,12). The van der Waals surface area contributed by atoms with Gasteiger partial charge in [0.2, 0.25) is 0 Å². The van der Waals surface area contributed by atoms with Crippen LogP contribution in [0.15, 0.2) is 0 Å². The Morgan fingerprint density at radius 3 is 1.83 bits per heavy atom. The van der Waals surface area contributed by atoms with E-state index in [1.54, 1.807) is 0 Å². The van der Waals surface area contributed by atoms with E-state index in [0.29, 0.717) is 0 Å². The zero-order valence-corrected chi connectivity index (χ0v) is 7.43. The van der Waals surface area contributed by atoms with Crippen molar-refractivity contribution in [3.8, 4) is 0 Å². The average molecular weight is 177 g/mol. The molecule has 0 aliphatic rings. The molecule has 0 aliphatic heterocycles. The lowest BCUT2D eigenvalue weighted by Gasteiger charge is -2.28. The second-order valence-electron chi connectivity index (χ2n) is 2.82. The molecule has 3 atom stereocenters. The molecule has 0 amide bonds. The molecule has 3 unspecified atom stereocenters. The quantitative estimate of drug-likeness (QED) is 0.484. The number of hydrogen-bond donors (Lipinski definition) is 3. The van der Waals surface area contributed by atoms with Crippen molar-refractivity contribution in [2.24, 2.45) is 0 Å². The minimum atomic E-state index is -1.14. The summed E-state index contributed by atoms with van der Waals surface area (Å²) in [7, 11) is 1.44. The summed E-state index contributed by atoms with van der Waals surface area (Å²) in [5.74, 6) is -1.14. The molecule has 0 heterocycles. The van der Waals surface area contributed by atoms with Gasteiger partial charge in [-0.1, -0.05) is 0 Å². The van der Waals surface area contributed by atoms with Crippen molar-refractivity contribution in [3.63, 3.8) is 0 Å². The Hall–Kier alpha value is -0.650. The van der Waals surface area contributed by atoms with Gasteiger partial charge in [-0.25, -0.2) is 0 Å². The zero-order chi connectivity index (χ0) is 9.89. The van der Waals surface area contributed by atoms with Gasteiger partial charge in [0.25, 0.3) is 0 Å². The van der Waals surface area contributed by atoms with Crippen LogP contribution in [-0.4, -0.2) is 51.6 Å². The van der Waals surface area contributed by atoms with Crippen LogP contribution in [0.4, 0.5) is 0 Å². The number of nitrogens with zero attached hydrogens (tertiary/aromatic N) is 1. The largest absolute Gasteiger partial charge is 0.480 e. The maximum Gasteiger partial charge on any atom is 0.323 e. The normalized spacial score (nSPS) is 18.8. The molecule has 72 valence electrons. The predicted octanol–water partition coefficient (Wildman–Crippen LogP) is -0.910. The highest BCUT2D eigenvalue weighted by Gasteiger charge is 2.29. The maximum atomic E-state index is 10.6. The van der Waals surface area contributed by atoms with E-state index in [1.807, 2.05) is 0 Å². The highest BCUT2D eigenvalue weighted by molar-refractivity contribution is 5.74. The van der Waals surface area contributed by atoms with Gasteiger partial charge < -0.3 is 15.3 Å². The Kier molecular flexibility index (Phi) is 4.16. The van der Waals surface area contributed by atoms with E-state index >= 15 is 0 Å². The van der Waals surface area contributed by atoms with Crippen molar-refractivity contribution < 1.29 is 20.1 Å². The van der Waals surface area contributed by atoms with Crippen LogP contribution in [0.5, 0.6) is 0 Å². The number of hydrogen-bond acceptors (Lipinski definition) is 4. The Morgan fingerprint density at radius 2 is 1.75 bits per heavy atom. The Morgan fingerprint density at radius 1 is 1.33 bits per heavy atom. The molecule has 5 heteroatoms. The summed E-state index contributed by atoms with van der Waals surface area (Å²) < 4.78 is 0. The van der Waals surface area contributed by atoms with Gasteiger partial charge in [-0.2, -0.15) is 0 Å². The third-order valence-corrected chi connectivity index (χ3v) is 1.74. The van der Waals surface area contributed by atoms with Crippen molar-refractivity contribution in [3.05, 3.63) is 0 Å². The van der Waals surface area contributed by atoms with Crippen molar-refractivity contribution in [1.82, 2.24) is 4.90 Å². The van der Waals surface area contributed by atoms with E-state index in [-0.39, 0.29) is 0 Å². The van der Waals surface area contributed by atoms with Gasteiger partial charge in [0, 0.05) is 0 Å². The first-order valence-electron chi connectivity index (χ1n) is 3.68. The van der Waals surface area contributed by atoms with Crippen LogP contribution >= 0.6 is 0 Å². The Labute approximate surface area is 71.2 Å².